The van der Waals surface area contributed by atoms with Gasteiger partial charge in [0.05, 0.1) is 12.7 Å². The van der Waals surface area contributed by atoms with Gasteiger partial charge in [-0.2, -0.15) is 0 Å². The monoisotopic (exact) mass is 314 g/mol. The number of ether oxygens (including phenoxy) is 1. The van der Waals surface area contributed by atoms with Gasteiger partial charge in [-0.25, -0.2) is 4.79 Å². The van der Waals surface area contributed by atoms with E-state index in [1.807, 2.05) is 0 Å². The molecule has 1 aromatic heterocycles. The van der Waals surface area contributed by atoms with Crippen molar-refractivity contribution >= 4 is 29.2 Å². The molecular weight excluding hydrogens is 296 g/mol. The van der Waals surface area contributed by atoms with Crippen LogP contribution >= 0.6 is 0 Å². The Morgan fingerprint density at radius 1 is 1.09 bits per heavy atom. The Morgan fingerprint density at radius 3 is 2.39 bits per heavy atom. The van der Waals surface area contributed by atoms with E-state index in [1.165, 1.54) is 7.11 Å². The molecule has 0 radical (unpaired) electrons. The first-order valence-corrected chi connectivity index (χ1v) is 7.09. The quantitative estimate of drug-likeness (QED) is 0.824. The second kappa shape index (κ2) is 7.35. The maximum atomic E-state index is 11.6. The third kappa shape index (κ3) is 4.50. The number of esters is 1. The van der Waals surface area contributed by atoms with E-state index >= 15 is 0 Å². The van der Waals surface area contributed by atoms with Gasteiger partial charge in [-0.15, -0.1) is 10.2 Å². The lowest BCUT2D eigenvalue weighted by atomic mass is 10.2. The van der Waals surface area contributed by atoms with Gasteiger partial charge in [0.1, 0.15) is 0 Å². The van der Waals surface area contributed by atoms with Crippen LogP contribution in [-0.4, -0.2) is 29.2 Å². The summed E-state index contributed by atoms with van der Waals surface area (Å²) < 4.78 is 4.68. The van der Waals surface area contributed by atoms with E-state index in [-0.39, 0.29) is 11.8 Å². The third-order valence-corrected chi connectivity index (χ3v) is 3.00. The van der Waals surface area contributed by atoms with Gasteiger partial charge in [0.2, 0.25) is 5.91 Å². The topological polar surface area (TPSA) is 93.2 Å². The van der Waals surface area contributed by atoms with E-state index in [1.54, 1.807) is 50.2 Å². The average Bonchev–Trinajstić information content (AvgIpc) is 2.56. The van der Waals surface area contributed by atoms with Crippen molar-refractivity contribution in [2.45, 2.75) is 13.8 Å². The van der Waals surface area contributed by atoms with Crippen LogP contribution in [0, 0.1) is 5.92 Å². The van der Waals surface area contributed by atoms with E-state index in [2.05, 4.69) is 25.6 Å². The van der Waals surface area contributed by atoms with Crippen LogP contribution in [0.25, 0.3) is 0 Å². The van der Waals surface area contributed by atoms with Crippen LogP contribution in [0.3, 0.4) is 0 Å². The molecule has 1 heterocycles. The molecule has 0 unspecified atom stereocenters. The Kier molecular flexibility index (Phi) is 5.24. The number of methoxy groups -OCH3 is 1. The summed E-state index contributed by atoms with van der Waals surface area (Å²) >= 11 is 0. The molecule has 23 heavy (non-hydrogen) atoms. The van der Waals surface area contributed by atoms with E-state index in [0.29, 0.717) is 22.9 Å². The van der Waals surface area contributed by atoms with Crippen molar-refractivity contribution in [2.75, 3.05) is 17.7 Å². The van der Waals surface area contributed by atoms with Crippen molar-refractivity contribution < 1.29 is 14.3 Å². The summed E-state index contributed by atoms with van der Waals surface area (Å²) in [4.78, 5) is 23.1. The zero-order chi connectivity index (χ0) is 16.8. The maximum Gasteiger partial charge on any atom is 0.337 e. The average molecular weight is 314 g/mol. The molecule has 0 spiro atoms. The number of hydrogen-bond donors (Lipinski definition) is 2. The van der Waals surface area contributed by atoms with E-state index < -0.39 is 5.97 Å². The van der Waals surface area contributed by atoms with Crippen LogP contribution in [0.1, 0.15) is 24.2 Å². The summed E-state index contributed by atoms with van der Waals surface area (Å²) in [6.45, 7) is 3.60. The minimum absolute atomic E-state index is 0.120. The fourth-order valence-corrected chi connectivity index (χ4v) is 1.73. The third-order valence-electron chi connectivity index (χ3n) is 3.00. The Balaban J connectivity index is 2.06. The number of carbonyl (C=O) groups is 2. The molecule has 0 fully saturated rings. The Morgan fingerprint density at radius 2 is 1.78 bits per heavy atom. The molecule has 120 valence electrons. The minimum Gasteiger partial charge on any atom is -0.465 e. The van der Waals surface area contributed by atoms with Gasteiger partial charge in [-0.05, 0) is 30.3 Å². The molecule has 1 aromatic carbocycles. The van der Waals surface area contributed by atoms with E-state index in [9.17, 15) is 9.59 Å². The first-order chi connectivity index (χ1) is 11.0. The molecule has 2 rings (SSSR count). The molecule has 2 N–H and O–H groups in total. The van der Waals surface area contributed by atoms with Crippen LogP contribution in [0.4, 0.5) is 17.3 Å². The molecule has 0 saturated carbocycles. The Labute approximate surface area is 134 Å². The van der Waals surface area contributed by atoms with Gasteiger partial charge in [0, 0.05) is 11.6 Å². The fourth-order valence-electron chi connectivity index (χ4n) is 1.73. The molecule has 0 aliphatic rings. The molecule has 0 aliphatic carbocycles. The summed E-state index contributed by atoms with van der Waals surface area (Å²) in [5.74, 6) is 0.222. The Hall–Kier alpha value is -2.96. The second-order valence-electron chi connectivity index (χ2n) is 5.15. The molecule has 0 bridgehead atoms. The van der Waals surface area contributed by atoms with Crippen molar-refractivity contribution in [3.05, 3.63) is 42.0 Å². The normalized spacial score (nSPS) is 10.3. The van der Waals surface area contributed by atoms with Crippen LogP contribution in [0.5, 0.6) is 0 Å². The summed E-state index contributed by atoms with van der Waals surface area (Å²) in [7, 11) is 1.33. The van der Waals surface area contributed by atoms with Gasteiger partial charge in [-0.3, -0.25) is 4.79 Å². The molecular formula is C16H18N4O3. The number of hydrogen-bond acceptors (Lipinski definition) is 6. The molecule has 0 aliphatic heterocycles. The highest BCUT2D eigenvalue weighted by Gasteiger charge is 2.09. The van der Waals surface area contributed by atoms with Crippen molar-refractivity contribution in [1.29, 1.82) is 0 Å². The van der Waals surface area contributed by atoms with Gasteiger partial charge >= 0.3 is 5.97 Å². The number of aromatic nitrogens is 2. The first kappa shape index (κ1) is 16.4. The predicted molar refractivity (Wildman–Crippen MR) is 86.6 cm³/mol. The van der Waals surface area contributed by atoms with Gasteiger partial charge in [0.15, 0.2) is 11.6 Å². The number of carbonyl (C=O) groups excluding carboxylic acids is 2. The predicted octanol–water partition coefficient (Wildman–Crippen LogP) is 2.60. The lowest BCUT2D eigenvalue weighted by Crippen LogP contribution is -2.18. The van der Waals surface area contributed by atoms with Crippen molar-refractivity contribution in [3.8, 4) is 0 Å². The Bertz CT molecular complexity index is 699. The molecule has 0 saturated heterocycles. The number of nitrogens with one attached hydrogen (secondary N) is 2. The smallest absolute Gasteiger partial charge is 0.337 e. The second-order valence-corrected chi connectivity index (χ2v) is 5.15. The SMILES string of the molecule is COC(=O)c1cccc(Nc2ccc(NC(=O)C(C)C)nn2)c1. The summed E-state index contributed by atoms with van der Waals surface area (Å²) in [5.41, 5.74) is 1.12. The zero-order valence-corrected chi connectivity index (χ0v) is 13.2. The number of benzene rings is 1. The highest BCUT2D eigenvalue weighted by molar-refractivity contribution is 5.91. The van der Waals surface area contributed by atoms with E-state index in [4.69, 9.17) is 0 Å². The van der Waals surface area contributed by atoms with Gasteiger partial charge in [0.25, 0.3) is 0 Å². The van der Waals surface area contributed by atoms with Crippen LogP contribution in [0.2, 0.25) is 0 Å². The summed E-state index contributed by atoms with van der Waals surface area (Å²) in [5, 5.41) is 13.6. The highest BCUT2D eigenvalue weighted by Crippen LogP contribution is 2.17. The van der Waals surface area contributed by atoms with Crippen molar-refractivity contribution in [2.24, 2.45) is 5.92 Å². The number of amides is 1. The highest BCUT2D eigenvalue weighted by atomic mass is 16.5. The number of anilines is 3. The molecule has 7 heteroatoms. The first-order valence-electron chi connectivity index (χ1n) is 7.09. The molecule has 7 nitrogen and oxygen atoms in total. The standard InChI is InChI=1S/C16H18N4O3/c1-10(2)15(21)18-14-8-7-13(19-20-14)17-12-6-4-5-11(9-12)16(22)23-3/h4-10H,1-3H3,(H,17,19)(H,18,20,21). The largest absolute Gasteiger partial charge is 0.465 e. The summed E-state index contributed by atoms with van der Waals surface area (Å²) in [6, 6.07) is 10.2. The van der Waals surface area contributed by atoms with Gasteiger partial charge in [-0.1, -0.05) is 19.9 Å². The van der Waals surface area contributed by atoms with Gasteiger partial charge < -0.3 is 15.4 Å². The molecule has 0 atom stereocenters. The summed E-state index contributed by atoms with van der Waals surface area (Å²) in [6.07, 6.45) is 0. The van der Waals surface area contributed by atoms with Crippen LogP contribution < -0.4 is 10.6 Å². The van der Waals surface area contributed by atoms with Crippen molar-refractivity contribution in [3.63, 3.8) is 0 Å². The molecule has 1 amide bonds. The van der Waals surface area contributed by atoms with Crippen molar-refractivity contribution in [1.82, 2.24) is 10.2 Å². The number of nitrogens with zero attached hydrogens (tertiary/aromatic N) is 2. The fraction of sp³-hybridized carbons (Fsp3) is 0.250. The van der Waals surface area contributed by atoms with Crippen LogP contribution in [-0.2, 0) is 9.53 Å². The minimum atomic E-state index is -0.411. The maximum absolute atomic E-state index is 11.6. The number of rotatable bonds is 5. The molecule has 2 aromatic rings. The zero-order valence-electron chi connectivity index (χ0n) is 13.2. The lowest BCUT2D eigenvalue weighted by Gasteiger charge is -2.08. The van der Waals surface area contributed by atoms with Crippen LogP contribution in [0.15, 0.2) is 36.4 Å². The lowest BCUT2D eigenvalue weighted by molar-refractivity contribution is -0.118. The van der Waals surface area contributed by atoms with E-state index in [0.717, 1.165) is 0 Å².